The van der Waals surface area contributed by atoms with Crippen molar-refractivity contribution in [2.24, 2.45) is 7.05 Å². The molecule has 0 saturated carbocycles. The van der Waals surface area contributed by atoms with Crippen molar-refractivity contribution in [1.82, 2.24) is 15.1 Å². The van der Waals surface area contributed by atoms with Gasteiger partial charge in [-0.15, -0.1) is 0 Å². The van der Waals surface area contributed by atoms with E-state index in [1.807, 2.05) is 0 Å². The minimum absolute atomic E-state index is 0.0215. The maximum atomic E-state index is 13.5. The third-order valence-electron chi connectivity index (χ3n) is 2.38. The highest BCUT2D eigenvalue weighted by Gasteiger charge is 2.11. The monoisotopic (exact) mass is 311 g/mol. The molecule has 0 unspecified atom stereocenters. The SMILES string of the molecule is Cn1cc(CNC(=O)c2cc(Br)ccc2F)cn1. The number of hydrogen-bond donors (Lipinski definition) is 1. The molecule has 4 nitrogen and oxygen atoms in total. The first-order valence-corrected chi connectivity index (χ1v) is 6.06. The topological polar surface area (TPSA) is 46.9 Å². The minimum atomic E-state index is -0.540. The van der Waals surface area contributed by atoms with Crippen LogP contribution in [0.4, 0.5) is 4.39 Å². The number of halogens is 2. The molecule has 2 rings (SSSR count). The Morgan fingerprint density at radius 3 is 3.00 bits per heavy atom. The average molecular weight is 312 g/mol. The van der Waals surface area contributed by atoms with Crippen molar-refractivity contribution < 1.29 is 9.18 Å². The van der Waals surface area contributed by atoms with Crippen LogP contribution in [-0.2, 0) is 13.6 Å². The summed E-state index contributed by atoms with van der Waals surface area (Å²) in [5, 5.41) is 6.63. The van der Waals surface area contributed by atoms with Gasteiger partial charge in [-0.25, -0.2) is 4.39 Å². The van der Waals surface area contributed by atoms with E-state index in [4.69, 9.17) is 0 Å². The van der Waals surface area contributed by atoms with Crippen LogP contribution in [0.3, 0.4) is 0 Å². The van der Waals surface area contributed by atoms with Gasteiger partial charge in [-0.1, -0.05) is 15.9 Å². The van der Waals surface area contributed by atoms with Crippen molar-refractivity contribution in [3.8, 4) is 0 Å². The normalized spacial score (nSPS) is 10.4. The predicted octanol–water partition coefficient (Wildman–Crippen LogP) is 2.25. The Morgan fingerprint density at radius 1 is 1.56 bits per heavy atom. The second-order valence-corrected chi connectivity index (χ2v) is 4.74. The van der Waals surface area contributed by atoms with Crippen LogP contribution < -0.4 is 5.32 Å². The first-order chi connectivity index (χ1) is 8.56. The van der Waals surface area contributed by atoms with Crippen LogP contribution in [0, 0.1) is 5.82 Å². The van der Waals surface area contributed by atoms with Gasteiger partial charge in [0, 0.05) is 29.8 Å². The van der Waals surface area contributed by atoms with Crippen LogP contribution in [0.2, 0.25) is 0 Å². The lowest BCUT2D eigenvalue weighted by atomic mass is 10.2. The number of amides is 1. The van der Waals surface area contributed by atoms with Crippen LogP contribution in [0.5, 0.6) is 0 Å². The molecule has 1 heterocycles. The summed E-state index contributed by atoms with van der Waals surface area (Å²) in [5.41, 5.74) is 0.884. The molecule has 0 saturated heterocycles. The Kier molecular flexibility index (Phi) is 3.76. The summed E-state index contributed by atoms with van der Waals surface area (Å²) in [6, 6.07) is 4.25. The van der Waals surface area contributed by atoms with Crippen molar-refractivity contribution in [2.75, 3.05) is 0 Å². The number of aryl methyl sites for hydroxylation is 1. The van der Waals surface area contributed by atoms with E-state index < -0.39 is 11.7 Å². The van der Waals surface area contributed by atoms with Crippen molar-refractivity contribution in [3.05, 3.63) is 52.0 Å². The quantitative estimate of drug-likeness (QED) is 0.945. The lowest BCUT2D eigenvalue weighted by molar-refractivity contribution is 0.0947. The Hall–Kier alpha value is -1.69. The zero-order valence-corrected chi connectivity index (χ0v) is 11.2. The van der Waals surface area contributed by atoms with Crippen molar-refractivity contribution in [3.63, 3.8) is 0 Å². The summed E-state index contributed by atoms with van der Waals surface area (Å²) < 4.78 is 15.8. The van der Waals surface area contributed by atoms with Gasteiger partial charge in [0.15, 0.2) is 0 Å². The minimum Gasteiger partial charge on any atom is -0.348 e. The van der Waals surface area contributed by atoms with Crippen molar-refractivity contribution >= 4 is 21.8 Å². The van der Waals surface area contributed by atoms with Gasteiger partial charge in [0.2, 0.25) is 0 Å². The molecule has 6 heteroatoms. The molecule has 0 fully saturated rings. The van der Waals surface area contributed by atoms with Crippen LogP contribution in [0.25, 0.3) is 0 Å². The fourth-order valence-corrected chi connectivity index (χ4v) is 1.87. The largest absolute Gasteiger partial charge is 0.348 e. The molecule has 0 radical (unpaired) electrons. The van der Waals surface area contributed by atoms with Gasteiger partial charge in [0.25, 0.3) is 5.91 Å². The number of hydrogen-bond acceptors (Lipinski definition) is 2. The molecule has 0 aliphatic heterocycles. The third-order valence-corrected chi connectivity index (χ3v) is 2.88. The fraction of sp³-hybridized carbons (Fsp3) is 0.167. The smallest absolute Gasteiger partial charge is 0.254 e. The van der Waals surface area contributed by atoms with E-state index in [1.54, 1.807) is 30.2 Å². The summed E-state index contributed by atoms with van der Waals surface area (Å²) in [6.07, 6.45) is 3.44. The van der Waals surface area contributed by atoms with E-state index in [9.17, 15) is 9.18 Å². The van der Waals surface area contributed by atoms with Gasteiger partial charge >= 0.3 is 0 Å². The fourth-order valence-electron chi connectivity index (χ4n) is 1.51. The lowest BCUT2D eigenvalue weighted by Gasteiger charge is -2.05. The predicted molar refractivity (Wildman–Crippen MR) is 68.5 cm³/mol. The van der Waals surface area contributed by atoms with E-state index in [0.29, 0.717) is 11.0 Å². The molecule has 94 valence electrons. The Bertz CT molecular complexity index is 582. The molecule has 0 atom stereocenters. The summed E-state index contributed by atoms with van der Waals surface area (Å²) in [5.74, 6) is -0.987. The van der Waals surface area contributed by atoms with Crippen LogP contribution in [-0.4, -0.2) is 15.7 Å². The molecule has 0 spiro atoms. The number of benzene rings is 1. The third kappa shape index (κ3) is 2.95. The van der Waals surface area contributed by atoms with Gasteiger partial charge in [0.05, 0.1) is 11.8 Å². The van der Waals surface area contributed by atoms with Gasteiger partial charge < -0.3 is 5.32 Å². The number of nitrogens with zero attached hydrogens (tertiary/aromatic N) is 2. The second-order valence-electron chi connectivity index (χ2n) is 3.83. The molecule has 1 N–H and O–H groups in total. The van der Waals surface area contributed by atoms with Crippen molar-refractivity contribution in [1.29, 1.82) is 0 Å². The zero-order chi connectivity index (χ0) is 13.1. The second kappa shape index (κ2) is 5.30. The van der Waals surface area contributed by atoms with E-state index in [0.717, 1.165) is 5.56 Å². The molecule has 0 aliphatic rings. The van der Waals surface area contributed by atoms with Crippen LogP contribution >= 0.6 is 15.9 Å². The molecular weight excluding hydrogens is 301 g/mol. The van der Waals surface area contributed by atoms with Crippen LogP contribution in [0.1, 0.15) is 15.9 Å². The molecular formula is C12H11BrFN3O. The summed E-state index contributed by atoms with van der Waals surface area (Å²) in [4.78, 5) is 11.8. The van der Waals surface area contributed by atoms with E-state index in [-0.39, 0.29) is 5.56 Å². The first-order valence-electron chi connectivity index (χ1n) is 5.27. The lowest BCUT2D eigenvalue weighted by Crippen LogP contribution is -2.23. The number of carbonyl (C=O) groups is 1. The average Bonchev–Trinajstić information content (AvgIpc) is 2.75. The molecule has 1 aromatic carbocycles. The highest BCUT2D eigenvalue weighted by atomic mass is 79.9. The van der Waals surface area contributed by atoms with Gasteiger partial charge in [-0.05, 0) is 18.2 Å². The number of carbonyl (C=O) groups excluding carboxylic acids is 1. The van der Waals surface area contributed by atoms with E-state index >= 15 is 0 Å². The number of rotatable bonds is 3. The highest BCUT2D eigenvalue weighted by Crippen LogP contribution is 2.15. The zero-order valence-electron chi connectivity index (χ0n) is 9.65. The molecule has 2 aromatic rings. The van der Waals surface area contributed by atoms with Crippen LogP contribution in [0.15, 0.2) is 35.1 Å². The number of nitrogens with one attached hydrogen (secondary N) is 1. The molecule has 18 heavy (non-hydrogen) atoms. The van der Waals surface area contributed by atoms with Crippen molar-refractivity contribution in [2.45, 2.75) is 6.54 Å². The first kappa shape index (κ1) is 12.8. The molecule has 1 amide bonds. The maximum absolute atomic E-state index is 13.5. The molecule has 0 aliphatic carbocycles. The van der Waals surface area contributed by atoms with Gasteiger partial charge in [-0.2, -0.15) is 5.10 Å². The molecule has 1 aromatic heterocycles. The summed E-state index contributed by atoms with van der Waals surface area (Å²) in [7, 11) is 1.79. The summed E-state index contributed by atoms with van der Waals surface area (Å²) in [6.45, 7) is 0.318. The van der Waals surface area contributed by atoms with E-state index in [2.05, 4.69) is 26.3 Å². The Morgan fingerprint density at radius 2 is 2.33 bits per heavy atom. The standard InChI is InChI=1S/C12H11BrFN3O/c1-17-7-8(6-16-17)5-15-12(18)10-4-9(13)2-3-11(10)14/h2-4,6-7H,5H2,1H3,(H,15,18). The summed E-state index contributed by atoms with van der Waals surface area (Å²) >= 11 is 3.20. The highest BCUT2D eigenvalue weighted by molar-refractivity contribution is 9.10. The Balaban J connectivity index is 2.05. The van der Waals surface area contributed by atoms with Gasteiger partial charge in [-0.3, -0.25) is 9.48 Å². The Labute approximate surface area is 112 Å². The number of aromatic nitrogens is 2. The van der Waals surface area contributed by atoms with Gasteiger partial charge in [0.1, 0.15) is 5.82 Å². The molecule has 0 bridgehead atoms. The maximum Gasteiger partial charge on any atom is 0.254 e. The van der Waals surface area contributed by atoms with E-state index in [1.165, 1.54) is 12.1 Å².